The Morgan fingerprint density at radius 2 is 1.74 bits per heavy atom. The van der Waals surface area contributed by atoms with E-state index in [4.69, 9.17) is 9.84 Å². The smallest absolute Gasteiger partial charge is 0.331 e. The molecule has 1 aliphatic carbocycles. The molecule has 2 saturated heterocycles. The number of nitrogens with one attached hydrogen (secondary N) is 3. The number of esters is 1. The van der Waals surface area contributed by atoms with Crippen LogP contribution in [0.3, 0.4) is 0 Å². The summed E-state index contributed by atoms with van der Waals surface area (Å²) in [5.74, 6) is -2.25. The number of nitrogens with zero attached hydrogens (tertiary/aromatic N) is 3. The molecule has 2 aromatic rings. The van der Waals surface area contributed by atoms with E-state index in [1.165, 1.54) is 24.8 Å². The van der Waals surface area contributed by atoms with Gasteiger partial charge in [-0.2, -0.15) is 0 Å². The van der Waals surface area contributed by atoms with Crippen molar-refractivity contribution in [3.8, 4) is 0 Å². The molecule has 4 N–H and O–H groups in total. The van der Waals surface area contributed by atoms with Crippen LogP contribution >= 0.6 is 11.9 Å². The van der Waals surface area contributed by atoms with E-state index < -0.39 is 18.5 Å². The number of alkyl halides is 2. The van der Waals surface area contributed by atoms with E-state index in [0.717, 1.165) is 37.3 Å². The maximum atomic E-state index is 13.8. The van der Waals surface area contributed by atoms with Crippen molar-refractivity contribution in [2.24, 2.45) is 5.41 Å². The Labute approximate surface area is 248 Å². The van der Waals surface area contributed by atoms with Gasteiger partial charge in [0.15, 0.2) is 5.82 Å². The van der Waals surface area contributed by atoms with Crippen molar-refractivity contribution < 1.29 is 28.2 Å². The molecule has 0 radical (unpaired) electrons. The third-order valence-electron chi connectivity index (χ3n) is 8.31. The quantitative estimate of drug-likeness (QED) is 0.165. The summed E-state index contributed by atoms with van der Waals surface area (Å²) in [6.07, 6.45) is 4.28. The minimum Gasteiger partial charge on any atom is -0.463 e. The highest BCUT2D eigenvalue weighted by Crippen LogP contribution is 2.54. The second-order valence-corrected chi connectivity index (χ2v) is 12.1. The highest BCUT2D eigenvalue weighted by molar-refractivity contribution is 8.00. The lowest BCUT2D eigenvalue weighted by molar-refractivity contribution is -0.146. The average molecular weight is 605 g/mol. The molecule has 3 fully saturated rings. The fourth-order valence-corrected chi connectivity index (χ4v) is 6.07. The number of hydrogen-bond donors (Lipinski definition) is 4. The highest BCUT2D eigenvalue weighted by atomic mass is 32.2. The van der Waals surface area contributed by atoms with Gasteiger partial charge >= 0.3 is 5.97 Å². The minimum absolute atomic E-state index is 0.166. The fourth-order valence-electron chi connectivity index (χ4n) is 5.51. The van der Waals surface area contributed by atoms with Crippen molar-refractivity contribution in [2.45, 2.75) is 44.4 Å². The van der Waals surface area contributed by atoms with Crippen LogP contribution in [0.25, 0.3) is 0 Å². The number of carbonyl (C=O) groups excluding carboxylic acids is 2. The zero-order valence-electron chi connectivity index (χ0n) is 23.8. The van der Waals surface area contributed by atoms with Crippen LogP contribution in [-0.2, 0) is 9.53 Å². The minimum atomic E-state index is -2.67. The van der Waals surface area contributed by atoms with Crippen molar-refractivity contribution in [1.29, 1.82) is 0 Å². The predicted molar refractivity (Wildman–Crippen MR) is 162 cm³/mol. The Balaban J connectivity index is 1.31. The average Bonchev–Trinajstić information content (AvgIpc) is 3.75. The van der Waals surface area contributed by atoms with E-state index in [0.29, 0.717) is 34.1 Å². The maximum absolute atomic E-state index is 13.8. The largest absolute Gasteiger partial charge is 0.463 e. The lowest BCUT2D eigenvalue weighted by atomic mass is 9.93. The first kappa shape index (κ1) is 30.1. The summed E-state index contributed by atoms with van der Waals surface area (Å²) in [5, 5.41) is 14.8. The number of pyridine rings is 1. The number of anilines is 5. The Bertz CT molecular complexity index is 1270. The Kier molecular flexibility index (Phi) is 9.26. The van der Waals surface area contributed by atoms with Crippen LogP contribution < -0.4 is 25.2 Å². The van der Waals surface area contributed by atoms with Crippen LogP contribution in [0.2, 0.25) is 0 Å². The summed E-state index contributed by atoms with van der Waals surface area (Å²) in [4.78, 5) is 33.5. The summed E-state index contributed by atoms with van der Waals surface area (Å²) in [7, 11) is 1.75. The third-order valence-corrected chi connectivity index (χ3v) is 9.06. The molecule has 0 unspecified atom stereocenters. The van der Waals surface area contributed by atoms with Gasteiger partial charge in [-0.05, 0) is 73.4 Å². The topological polar surface area (TPSA) is 119 Å². The molecule has 13 heteroatoms. The zero-order chi connectivity index (χ0) is 29.7. The highest BCUT2D eigenvalue weighted by Gasteiger charge is 2.44. The van der Waals surface area contributed by atoms with E-state index >= 15 is 0 Å². The van der Waals surface area contributed by atoms with Gasteiger partial charge in [-0.1, -0.05) is 0 Å². The molecule has 0 bridgehead atoms. The summed E-state index contributed by atoms with van der Waals surface area (Å²) < 4.78 is 35.7. The zero-order valence-corrected chi connectivity index (χ0v) is 24.6. The molecule has 1 saturated carbocycles. The van der Waals surface area contributed by atoms with E-state index in [1.807, 2.05) is 17.0 Å². The van der Waals surface area contributed by atoms with Crippen LogP contribution in [0.4, 0.5) is 37.5 Å². The number of aromatic nitrogens is 1. The number of ether oxygens (including phenoxy) is 1. The number of piperidine rings is 2. The summed E-state index contributed by atoms with van der Waals surface area (Å²) in [6.45, 7) is 1.63. The van der Waals surface area contributed by atoms with E-state index in [9.17, 15) is 18.4 Å². The number of halogens is 2. The van der Waals surface area contributed by atoms with Gasteiger partial charge in [0.25, 0.3) is 11.8 Å². The fraction of sp³-hybridized carbons (Fsp3) is 0.552. The number of benzene rings is 1. The van der Waals surface area contributed by atoms with Crippen molar-refractivity contribution in [1.82, 2.24) is 4.98 Å². The lowest BCUT2D eigenvalue weighted by Crippen LogP contribution is -2.40. The number of carbonyl (C=O) groups is 2. The van der Waals surface area contributed by atoms with E-state index in [-0.39, 0.29) is 38.4 Å². The van der Waals surface area contributed by atoms with Crippen LogP contribution in [0.5, 0.6) is 0 Å². The van der Waals surface area contributed by atoms with Crippen molar-refractivity contribution >= 4 is 52.5 Å². The summed E-state index contributed by atoms with van der Waals surface area (Å²) in [6, 6.07) is 9.08. The normalized spacial score (nSPS) is 18.9. The molecule has 1 amide bonds. The summed E-state index contributed by atoms with van der Waals surface area (Å²) in [5.41, 5.74) is 3.34. The number of hydrogen-bond acceptors (Lipinski definition) is 10. The first-order valence-corrected chi connectivity index (χ1v) is 15.4. The molecule has 1 spiro atoms. The molecule has 2 aliphatic heterocycles. The van der Waals surface area contributed by atoms with Crippen molar-refractivity contribution in [2.75, 3.05) is 77.3 Å². The SMILES string of the molecule is CNc1ccc(NC(=O)c2ccc(NSCCOC(=O)CO)cc2N2CCC3(CC2)CC3)nc1N1CCC(F)(F)CC1. The van der Waals surface area contributed by atoms with E-state index in [2.05, 4.69) is 25.2 Å². The molecule has 1 aromatic carbocycles. The maximum Gasteiger partial charge on any atom is 0.331 e. The Morgan fingerprint density at radius 1 is 1.02 bits per heavy atom. The van der Waals surface area contributed by atoms with Gasteiger partial charge in [-0.25, -0.2) is 18.6 Å². The Morgan fingerprint density at radius 3 is 2.40 bits per heavy atom. The van der Waals surface area contributed by atoms with Gasteiger partial charge in [0.2, 0.25) is 0 Å². The predicted octanol–water partition coefficient (Wildman–Crippen LogP) is 4.59. The van der Waals surface area contributed by atoms with Gasteiger partial charge in [0.05, 0.1) is 16.9 Å². The lowest BCUT2D eigenvalue weighted by Gasteiger charge is -2.35. The number of amides is 1. The second kappa shape index (κ2) is 12.9. The third kappa shape index (κ3) is 7.35. The number of aliphatic hydroxyl groups is 1. The molecule has 0 atom stereocenters. The molecule has 228 valence electrons. The molecular weight excluding hydrogens is 566 g/mol. The van der Waals surface area contributed by atoms with Crippen LogP contribution in [-0.4, -0.2) is 80.1 Å². The molecule has 3 heterocycles. The summed E-state index contributed by atoms with van der Waals surface area (Å²) >= 11 is 1.36. The second-order valence-electron chi connectivity index (χ2n) is 11.2. The molecule has 3 aliphatic rings. The van der Waals surface area contributed by atoms with Crippen molar-refractivity contribution in [3.63, 3.8) is 0 Å². The molecule has 42 heavy (non-hydrogen) atoms. The monoisotopic (exact) mass is 604 g/mol. The standard InChI is InChI=1S/C29H38F2N6O4S/c1-32-22-4-5-24(33-26(22)37-14-10-29(30,31)11-15-37)34-27(40)21-3-2-20(35-42-17-16-41-25(39)19-38)18-23(21)36-12-8-28(6-7-28)9-13-36/h2-5,18,32,35,38H,6-17,19H2,1H3,(H,33,34,40). The molecule has 5 rings (SSSR count). The number of aliphatic hydroxyl groups excluding tert-OH is 1. The molecule has 1 aromatic heterocycles. The van der Waals surface area contributed by atoms with Crippen molar-refractivity contribution in [3.05, 3.63) is 35.9 Å². The Hall–Kier alpha value is -3.32. The van der Waals surface area contributed by atoms with Crippen LogP contribution in [0, 0.1) is 5.41 Å². The van der Waals surface area contributed by atoms with E-state index in [1.54, 1.807) is 25.2 Å². The molecule has 10 nitrogen and oxygen atoms in total. The van der Waals surface area contributed by atoms with Gasteiger partial charge in [-0.3, -0.25) is 4.79 Å². The first-order valence-electron chi connectivity index (χ1n) is 14.4. The number of rotatable bonds is 11. The van der Waals surface area contributed by atoms with Gasteiger partial charge in [0.1, 0.15) is 19.0 Å². The van der Waals surface area contributed by atoms with Gasteiger partial charge in [0, 0.05) is 57.5 Å². The first-order chi connectivity index (χ1) is 20.2. The van der Waals surface area contributed by atoms with Gasteiger partial charge in [-0.15, -0.1) is 0 Å². The van der Waals surface area contributed by atoms with Gasteiger partial charge < -0.3 is 35.0 Å². The van der Waals surface area contributed by atoms with Crippen LogP contribution in [0.15, 0.2) is 30.3 Å². The molecular formula is C29H38F2N6O4S. The van der Waals surface area contributed by atoms with Crippen LogP contribution in [0.1, 0.15) is 48.9 Å².